The van der Waals surface area contributed by atoms with Crippen LogP contribution in [-0.2, 0) is 17.8 Å². The summed E-state index contributed by atoms with van der Waals surface area (Å²) in [6, 6.07) is 0.444. The predicted molar refractivity (Wildman–Crippen MR) is 165 cm³/mol. The molecule has 9 nitrogen and oxygen atoms in total. The first-order chi connectivity index (χ1) is 20.2. The van der Waals surface area contributed by atoms with Gasteiger partial charge in [-0.25, -0.2) is 0 Å². The third-order valence-corrected chi connectivity index (χ3v) is 10.6. The summed E-state index contributed by atoms with van der Waals surface area (Å²) in [5.41, 5.74) is 3.87. The zero-order valence-electron chi connectivity index (χ0n) is 26.9. The molecular formula is C34H46N4O5. The lowest BCUT2D eigenvalue weighted by molar-refractivity contribution is -0.00420. The SMILES string of the molecule is Cc1c2n(cc(C(C)C)c1=O)C[C@@]1(C)C[C@@H]3CC[C@@H](C3)N1C2=O.Cc1c2n(cc(C(C)C)c1=O)C[C@H]1OC[C@H](C)N1C2=O. The van der Waals surface area contributed by atoms with Gasteiger partial charge in [0.2, 0.25) is 0 Å². The molecule has 5 aliphatic rings. The van der Waals surface area contributed by atoms with Crippen LogP contribution in [0.4, 0.5) is 0 Å². The van der Waals surface area contributed by atoms with Crippen molar-refractivity contribution in [3.8, 4) is 0 Å². The molecule has 0 radical (unpaired) electrons. The molecule has 0 unspecified atom stereocenters. The fraction of sp³-hybridized carbons (Fsp3) is 0.647. The van der Waals surface area contributed by atoms with Gasteiger partial charge in [0, 0.05) is 47.2 Å². The molecule has 4 aliphatic heterocycles. The monoisotopic (exact) mass is 590 g/mol. The third-order valence-electron chi connectivity index (χ3n) is 10.6. The van der Waals surface area contributed by atoms with E-state index in [1.165, 1.54) is 6.42 Å². The summed E-state index contributed by atoms with van der Waals surface area (Å²) in [4.78, 5) is 54.8. The molecule has 2 aromatic heterocycles. The Labute approximate surface area is 253 Å². The first-order valence-electron chi connectivity index (χ1n) is 16.0. The number of hydrogen-bond donors (Lipinski definition) is 0. The number of hydrogen-bond acceptors (Lipinski definition) is 5. The fourth-order valence-corrected chi connectivity index (χ4v) is 8.44. The van der Waals surface area contributed by atoms with E-state index < -0.39 is 0 Å². The lowest BCUT2D eigenvalue weighted by atomic mass is 9.80. The summed E-state index contributed by atoms with van der Waals surface area (Å²) in [6.07, 6.45) is 8.19. The predicted octanol–water partition coefficient (Wildman–Crippen LogP) is 4.55. The van der Waals surface area contributed by atoms with Crippen LogP contribution >= 0.6 is 0 Å². The Kier molecular flexibility index (Phi) is 7.26. The molecule has 5 atom stereocenters. The highest BCUT2D eigenvalue weighted by molar-refractivity contribution is 5.96. The Hall–Kier alpha value is -3.20. The van der Waals surface area contributed by atoms with Crippen molar-refractivity contribution in [2.24, 2.45) is 5.92 Å². The van der Waals surface area contributed by atoms with Gasteiger partial charge in [-0.05, 0) is 71.1 Å². The summed E-state index contributed by atoms with van der Waals surface area (Å²) >= 11 is 0. The molecule has 6 heterocycles. The lowest BCUT2D eigenvalue weighted by Crippen LogP contribution is -2.62. The Balaban J connectivity index is 0.000000155. The Morgan fingerprint density at radius 2 is 1.44 bits per heavy atom. The van der Waals surface area contributed by atoms with Gasteiger partial charge in [0.05, 0.1) is 24.7 Å². The highest BCUT2D eigenvalue weighted by Crippen LogP contribution is 2.47. The van der Waals surface area contributed by atoms with Crippen molar-refractivity contribution in [1.82, 2.24) is 18.9 Å². The van der Waals surface area contributed by atoms with Gasteiger partial charge >= 0.3 is 0 Å². The van der Waals surface area contributed by atoms with E-state index in [1.807, 2.05) is 58.5 Å². The highest BCUT2D eigenvalue weighted by atomic mass is 16.5. The van der Waals surface area contributed by atoms with Gasteiger partial charge in [-0.15, -0.1) is 0 Å². The number of ether oxygens (including phenoxy) is 1. The van der Waals surface area contributed by atoms with E-state index in [0.29, 0.717) is 41.7 Å². The van der Waals surface area contributed by atoms with E-state index in [1.54, 1.807) is 11.8 Å². The number of pyridine rings is 2. The van der Waals surface area contributed by atoms with Gasteiger partial charge < -0.3 is 23.7 Å². The summed E-state index contributed by atoms with van der Waals surface area (Å²) in [6.45, 7) is 17.8. The van der Waals surface area contributed by atoms with E-state index in [-0.39, 0.29) is 52.3 Å². The maximum atomic E-state index is 13.3. The first kappa shape index (κ1) is 29.9. The van der Waals surface area contributed by atoms with Crippen molar-refractivity contribution in [1.29, 1.82) is 0 Å². The topological polar surface area (TPSA) is 93.8 Å². The first-order valence-corrected chi connectivity index (χ1v) is 16.0. The number of carbonyl (C=O) groups excluding carboxylic acids is 2. The number of carbonyl (C=O) groups is 2. The third kappa shape index (κ3) is 4.61. The fourth-order valence-electron chi connectivity index (χ4n) is 8.44. The Bertz CT molecular complexity index is 1620. The standard InChI is InChI=1S/C19H26N2O2.C15H20N2O3/c1-11(2)15-9-20-10-19(4)8-13-5-6-14(7-13)21(19)18(23)16(20)12(3)17(15)22;1-8(2)11-5-16-6-12-17(9(3)7-20-12)15(19)13(16)10(4)14(11)18/h9,11,13-14H,5-8,10H2,1-4H3;5,8-9,12H,6-7H2,1-4H3/t13-,14+,19-;9-,12+/m10/s1. The molecule has 0 N–H and O–H groups in total. The van der Waals surface area contributed by atoms with Gasteiger partial charge in [-0.1, -0.05) is 27.7 Å². The minimum absolute atomic E-state index is 0.00850. The Morgan fingerprint density at radius 3 is 2.05 bits per heavy atom. The number of rotatable bonds is 2. The largest absolute Gasteiger partial charge is 0.354 e. The lowest BCUT2D eigenvalue weighted by Gasteiger charge is -2.52. The molecule has 2 saturated heterocycles. The number of nitrogens with zero attached hydrogens (tertiary/aromatic N) is 4. The van der Waals surface area contributed by atoms with Crippen LogP contribution in [0.25, 0.3) is 0 Å². The van der Waals surface area contributed by atoms with Gasteiger partial charge in [-0.3, -0.25) is 19.2 Å². The zero-order chi connectivity index (χ0) is 31.1. The molecule has 7 rings (SSSR count). The molecular weight excluding hydrogens is 544 g/mol. The summed E-state index contributed by atoms with van der Waals surface area (Å²) < 4.78 is 9.65. The normalized spacial score (nSPS) is 28.9. The minimum Gasteiger partial charge on any atom is -0.354 e. The van der Waals surface area contributed by atoms with Crippen LogP contribution < -0.4 is 10.9 Å². The van der Waals surface area contributed by atoms with E-state index in [9.17, 15) is 19.2 Å². The van der Waals surface area contributed by atoms with Crippen LogP contribution in [0.3, 0.4) is 0 Å². The van der Waals surface area contributed by atoms with E-state index in [0.717, 1.165) is 42.9 Å². The van der Waals surface area contributed by atoms with E-state index >= 15 is 0 Å². The van der Waals surface area contributed by atoms with Crippen LogP contribution in [-0.4, -0.2) is 61.2 Å². The molecule has 0 aromatic carbocycles. The van der Waals surface area contributed by atoms with Crippen molar-refractivity contribution in [2.45, 2.75) is 130 Å². The van der Waals surface area contributed by atoms with Crippen molar-refractivity contribution < 1.29 is 14.3 Å². The van der Waals surface area contributed by atoms with Crippen LogP contribution in [0.1, 0.15) is 122 Å². The maximum Gasteiger partial charge on any atom is 0.273 e. The van der Waals surface area contributed by atoms with E-state index in [2.05, 4.69) is 16.4 Å². The molecule has 1 aliphatic carbocycles. The average Bonchev–Trinajstić information content (AvgIpc) is 3.50. The molecule has 0 spiro atoms. The molecule has 1 saturated carbocycles. The number of aromatic nitrogens is 2. The van der Waals surface area contributed by atoms with Crippen molar-refractivity contribution >= 4 is 11.8 Å². The van der Waals surface area contributed by atoms with Gasteiger partial charge in [0.15, 0.2) is 17.1 Å². The zero-order valence-corrected chi connectivity index (χ0v) is 26.9. The van der Waals surface area contributed by atoms with Crippen molar-refractivity contribution in [2.75, 3.05) is 6.61 Å². The van der Waals surface area contributed by atoms with Gasteiger partial charge in [0.1, 0.15) is 11.4 Å². The smallest absolute Gasteiger partial charge is 0.273 e. The van der Waals surface area contributed by atoms with Gasteiger partial charge in [-0.2, -0.15) is 0 Å². The van der Waals surface area contributed by atoms with Gasteiger partial charge in [0.25, 0.3) is 11.8 Å². The molecule has 2 amide bonds. The van der Waals surface area contributed by atoms with Crippen LogP contribution in [0.2, 0.25) is 0 Å². The quantitative estimate of drug-likeness (QED) is 0.512. The Morgan fingerprint density at radius 1 is 0.860 bits per heavy atom. The second-order valence-electron chi connectivity index (χ2n) is 14.4. The van der Waals surface area contributed by atoms with Crippen LogP contribution in [0.15, 0.2) is 22.0 Å². The van der Waals surface area contributed by atoms with E-state index in [4.69, 9.17) is 4.74 Å². The van der Waals surface area contributed by atoms with Crippen LogP contribution in [0, 0.1) is 19.8 Å². The van der Waals surface area contributed by atoms with Crippen LogP contribution in [0.5, 0.6) is 0 Å². The second-order valence-corrected chi connectivity index (χ2v) is 14.4. The highest BCUT2D eigenvalue weighted by Gasteiger charge is 2.52. The summed E-state index contributed by atoms with van der Waals surface area (Å²) in [5, 5.41) is 0. The molecule has 43 heavy (non-hydrogen) atoms. The minimum atomic E-state index is -0.202. The summed E-state index contributed by atoms with van der Waals surface area (Å²) in [5.74, 6) is 1.09. The number of piperidine rings is 1. The summed E-state index contributed by atoms with van der Waals surface area (Å²) in [7, 11) is 0. The number of fused-ring (bicyclic) bond motifs is 7. The number of amides is 2. The molecule has 232 valence electrons. The molecule has 9 heteroatoms. The molecule has 2 aromatic rings. The molecule has 2 bridgehead atoms. The average molecular weight is 591 g/mol. The van der Waals surface area contributed by atoms with Crippen molar-refractivity contribution in [3.63, 3.8) is 0 Å². The van der Waals surface area contributed by atoms with Crippen molar-refractivity contribution in [3.05, 3.63) is 66.5 Å². The second kappa shape index (κ2) is 10.5. The molecule has 3 fully saturated rings. The maximum absolute atomic E-state index is 13.3.